The van der Waals surface area contributed by atoms with E-state index < -0.39 is 45.6 Å². The fourth-order valence-corrected chi connectivity index (χ4v) is 3.69. The van der Waals surface area contributed by atoms with Gasteiger partial charge in [-0.15, -0.1) is 11.3 Å². The molecular formula is C10H12ClF3N2O4S2. The van der Waals surface area contributed by atoms with Crippen molar-refractivity contribution in [3.8, 4) is 0 Å². The Hall–Kier alpha value is -0.880. The molecule has 0 saturated carbocycles. The highest BCUT2D eigenvalue weighted by Gasteiger charge is 2.28. The minimum absolute atomic E-state index is 0.0372. The van der Waals surface area contributed by atoms with Gasteiger partial charge in [-0.2, -0.15) is 13.2 Å². The number of carbonyl (C=O) groups excluding carboxylic acids is 1. The summed E-state index contributed by atoms with van der Waals surface area (Å²) in [5, 5.41) is 7.27. The number of primary sulfonamides is 1. The van der Waals surface area contributed by atoms with Crippen LogP contribution in [0.2, 0.25) is 4.34 Å². The molecule has 0 aliphatic carbocycles. The number of amides is 1. The van der Waals surface area contributed by atoms with E-state index in [1.54, 1.807) is 0 Å². The summed E-state index contributed by atoms with van der Waals surface area (Å²) in [4.78, 5) is 11.9. The number of sulfonamides is 1. The van der Waals surface area contributed by atoms with Gasteiger partial charge in [-0.25, -0.2) is 13.6 Å². The Morgan fingerprint density at radius 1 is 1.55 bits per heavy atom. The number of hydrogen-bond acceptors (Lipinski definition) is 5. The number of ether oxygens (including phenoxy) is 1. The third kappa shape index (κ3) is 6.08. The molecule has 0 bridgehead atoms. The number of halogens is 4. The van der Waals surface area contributed by atoms with Crippen LogP contribution in [0.5, 0.6) is 0 Å². The van der Waals surface area contributed by atoms with Crippen molar-refractivity contribution >= 4 is 38.9 Å². The highest BCUT2D eigenvalue weighted by atomic mass is 35.5. The van der Waals surface area contributed by atoms with Crippen LogP contribution in [-0.4, -0.2) is 39.8 Å². The SMILES string of the molecule is CC(COCC(F)(F)F)NC(=O)c1cc(Cl)sc1S(N)(=O)=O. The lowest BCUT2D eigenvalue weighted by Gasteiger charge is -2.15. The van der Waals surface area contributed by atoms with E-state index in [1.807, 2.05) is 0 Å². The normalized spacial score (nSPS) is 13.9. The molecule has 1 unspecified atom stereocenters. The average Bonchev–Trinajstić information content (AvgIpc) is 2.69. The molecule has 0 saturated heterocycles. The van der Waals surface area contributed by atoms with Gasteiger partial charge in [0.1, 0.15) is 10.8 Å². The van der Waals surface area contributed by atoms with Gasteiger partial charge >= 0.3 is 6.18 Å². The molecule has 0 aliphatic heterocycles. The highest BCUT2D eigenvalue weighted by molar-refractivity contribution is 7.91. The molecule has 1 atom stereocenters. The Morgan fingerprint density at radius 2 is 2.14 bits per heavy atom. The Labute approximate surface area is 133 Å². The number of alkyl halides is 3. The first kappa shape index (κ1) is 19.2. The lowest BCUT2D eigenvalue weighted by molar-refractivity contribution is -0.174. The molecule has 1 heterocycles. The second-order valence-electron chi connectivity index (χ2n) is 4.30. The number of hydrogen-bond donors (Lipinski definition) is 2. The van der Waals surface area contributed by atoms with Crippen molar-refractivity contribution in [3.63, 3.8) is 0 Å². The molecule has 6 nitrogen and oxygen atoms in total. The van der Waals surface area contributed by atoms with Crippen molar-refractivity contribution in [3.05, 3.63) is 16.0 Å². The van der Waals surface area contributed by atoms with Crippen molar-refractivity contribution in [2.24, 2.45) is 5.14 Å². The van der Waals surface area contributed by atoms with Crippen LogP contribution in [0.1, 0.15) is 17.3 Å². The number of nitrogens with two attached hydrogens (primary N) is 1. The van der Waals surface area contributed by atoms with E-state index in [2.05, 4.69) is 10.1 Å². The molecule has 12 heteroatoms. The van der Waals surface area contributed by atoms with Gasteiger partial charge in [0.25, 0.3) is 5.91 Å². The van der Waals surface area contributed by atoms with Crippen LogP contribution in [0.15, 0.2) is 10.3 Å². The van der Waals surface area contributed by atoms with Gasteiger partial charge in [0.15, 0.2) is 0 Å². The van der Waals surface area contributed by atoms with Crippen LogP contribution < -0.4 is 10.5 Å². The maximum atomic E-state index is 11.9. The summed E-state index contributed by atoms with van der Waals surface area (Å²) >= 11 is 6.26. The summed E-state index contributed by atoms with van der Waals surface area (Å²) < 4.78 is 62.4. The lowest BCUT2D eigenvalue weighted by Crippen LogP contribution is -2.37. The zero-order valence-electron chi connectivity index (χ0n) is 11.1. The number of rotatable bonds is 6. The van der Waals surface area contributed by atoms with Gasteiger partial charge < -0.3 is 10.1 Å². The van der Waals surface area contributed by atoms with Crippen molar-refractivity contribution < 1.29 is 31.1 Å². The van der Waals surface area contributed by atoms with E-state index in [0.717, 1.165) is 6.07 Å². The summed E-state index contributed by atoms with van der Waals surface area (Å²) in [7, 11) is -4.14. The second kappa shape index (κ2) is 7.13. The van der Waals surface area contributed by atoms with Crippen LogP contribution in [0.4, 0.5) is 13.2 Å². The van der Waals surface area contributed by atoms with E-state index >= 15 is 0 Å². The number of carbonyl (C=O) groups is 1. The first-order chi connectivity index (χ1) is 9.90. The largest absolute Gasteiger partial charge is 0.411 e. The molecule has 0 fully saturated rings. The third-order valence-corrected chi connectivity index (χ3v) is 4.92. The monoisotopic (exact) mass is 380 g/mol. The zero-order valence-corrected chi connectivity index (χ0v) is 13.5. The molecule has 1 rings (SSSR count). The van der Waals surface area contributed by atoms with Gasteiger partial charge in [0, 0.05) is 6.04 Å². The van der Waals surface area contributed by atoms with Crippen LogP contribution in [0, 0.1) is 0 Å². The van der Waals surface area contributed by atoms with Gasteiger partial charge in [0.2, 0.25) is 10.0 Å². The second-order valence-corrected chi connectivity index (χ2v) is 7.74. The molecule has 1 amide bonds. The third-order valence-electron chi connectivity index (χ3n) is 2.18. The Balaban J connectivity index is 2.70. The van der Waals surface area contributed by atoms with E-state index in [0.29, 0.717) is 11.3 Å². The maximum Gasteiger partial charge on any atom is 0.411 e. The standard InChI is InChI=1S/C10H12ClF3N2O4S2/c1-5(3-20-4-10(12,13)14)16-8(17)6-2-7(11)21-9(6)22(15,18)19/h2,5H,3-4H2,1H3,(H,16,17)(H2,15,18,19). The molecule has 3 N–H and O–H groups in total. The molecular weight excluding hydrogens is 369 g/mol. The molecule has 1 aromatic heterocycles. The molecule has 0 aliphatic rings. The number of nitrogens with one attached hydrogen (secondary N) is 1. The molecule has 126 valence electrons. The van der Waals surface area contributed by atoms with Crippen LogP contribution in [-0.2, 0) is 14.8 Å². The zero-order chi connectivity index (χ0) is 17.1. The maximum absolute atomic E-state index is 11.9. The summed E-state index contributed by atoms with van der Waals surface area (Å²) in [6.45, 7) is -0.438. The minimum atomic E-state index is -4.47. The highest BCUT2D eigenvalue weighted by Crippen LogP contribution is 2.29. The molecule has 0 radical (unpaired) electrons. The molecule has 0 spiro atoms. The first-order valence-electron chi connectivity index (χ1n) is 5.67. The van der Waals surface area contributed by atoms with Gasteiger partial charge in [-0.1, -0.05) is 11.6 Å². The minimum Gasteiger partial charge on any atom is -0.370 e. The van der Waals surface area contributed by atoms with Crippen LogP contribution in [0.3, 0.4) is 0 Å². The van der Waals surface area contributed by atoms with Crippen LogP contribution in [0.25, 0.3) is 0 Å². The van der Waals surface area contributed by atoms with Gasteiger partial charge in [-0.3, -0.25) is 4.79 Å². The summed E-state index contributed by atoms with van der Waals surface area (Å²) in [5.41, 5.74) is -0.264. The molecule has 22 heavy (non-hydrogen) atoms. The lowest BCUT2D eigenvalue weighted by atomic mass is 10.3. The molecule has 1 aromatic rings. The summed E-state index contributed by atoms with van der Waals surface area (Å²) in [6.07, 6.45) is -4.47. The predicted octanol–water partition coefficient (Wildman–Crippen LogP) is 1.75. The summed E-state index contributed by atoms with van der Waals surface area (Å²) in [6, 6.07) is 0.340. The number of thiophene rings is 1. The topological polar surface area (TPSA) is 98.5 Å². The smallest absolute Gasteiger partial charge is 0.370 e. The van der Waals surface area contributed by atoms with Crippen molar-refractivity contribution in [1.29, 1.82) is 0 Å². The fourth-order valence-electron chi connectivity index (χ4n) is 1.41. The Bertz CT molecular complexity index is 645. The Kier molecular flexibility index (Phi) is 6.21. The van der Waals surface area contributed by atoms with Crippen molar-refractivity contribution in [2.75, 3.05) is 13.2 Å². The van der Waals surface area contributed by atoms with E-state index in [1.165, 1.54) is 6.92 Å². The van der Waals surface area contributed by atoms with Crippen molar-refractivity contribution in [2.45, 2.75) is 23.4 Å². The van der Waals surface area contributed by atoms with E-state index in [-0.39, 0.29) is 9.90 Å². The average molecular weight is 381 g/mol. The molecule has 0 aromatic carbocycles. The van der Waals surface area contributed by atoms with Gasteiger partial charge in [-0.05, 0) is 13.0 Å². The first-order valence-corrected chi connectivity index (χ1v) is 8.41. The Morgan fingerprint density at radius 3 is 2.64 bits per heavy atom. The predicted molar refractivity (Wildman–Crippen MR) is 74.5 cm³/mol. The fraction of sp³-hybridized carbons (Fsp3) is 0.500. The summed E-state index contributed by atoms with van der Waals surface area (Å²) in [5.74, 6) is -0.824. The van der Waals surface area contributed by atoms with Gasteiger partial charge in [0.05, 0.1) is 16.5 Å². The quantitative estimate of drug-likeness (QED) is 0.785. The van der Waals surface area contributed by atoms with Crippen molar-refractivity contribution in [1.82, 2.24) is 5.32 Å². The van der Waals surface area contributed by atoms with E-state index in [4.69, 9.17) is 16.7 Å². The van der Waals surface area contributed by atoms with Crippen LogP contribution >= 0.6 is 22.9 Å². The van der Waals surface area contributed by atoms with E-state index in [9.17, 15) is 26.4 Å².